The van der Waals surface area contributed by atoms with E-state index in [2.05, 4.69) is 76.0 Å². The van der Waals surface area contributed by atoms with Crippen LogP contribution in [0.3, 0.4) is 0 Å². The number of benzene rings is 2. The van der Waals surface area contributed by atoms with Gasteiger partial charge in [-0.1, -0.05) is 61.4 Å². The third-order valence-electron chi connectivity index (χ3n) is 5.70. The molecule has 3 N–H and O–H groups in total. The van der Waals surface area contributed by atoms with E-state index in [0.29, 0.717) is 12.1 Å². The van der Waals surface area contributed by atoms with Crippen LogP contribution in [0, 0.1) is 0 Å². The van der Waals surface area contributed by atoms with Gasteiger partial charge in [0, 0.05) is 19.1 Å². The monoisotopic (exact) mass is 350 g/mol. The zero-order chi connectivity index (χ0) is 17.8. The van der Waals surface area contributed by atoms with Crippen LogP contribution in [0.2, 0.25) is 0 Å². The van der Waals surface area contributed by atoms with Crippen LogP contribution >= 0.6 is 0 Å². The Morgan fingerprint density at radius 2 is 1.58 bits per heavy atom. The van der Waals surface area contributed by atoms with Gasteiger partial charge in [0.2, 0.25) is 0 Å². The Hall–Kier alpha value is -1.88. The minimum absolute atomic E-state index is 0.130. The Kier molecular flexibility index (Phi) is 5.54. The molecule has 2 aromatic carbocycles. The van der Waals surface area contributed by atoms with Crippen molar-refractivity contribution in [3.63, 3.8) is 0 Å². The van der Waals surface area contributed by atoms with Gasteiger partial charge < -0.3 is 10.7 Å². The number of anilines is 1. The fourth-order valence-corrected chi connectivity index (χ4v) is 4.40. The Morgan fingerprint density at radius 3 is 2.35 bits per heavy atom. The topological polar surface area (TPSA) is 44.5 Å². The molecule has 2 aromatic rings. The molecule has 2 heterocycles. The van der Waals surface area contributed by atoms with Crippen LogP contribution < -0.4 is 16.1 Å². The molecule has 138 valence electrons. The molecular weight excluding hydrogens is 320 g/mol. The molecule has 0 saturated carbocycles. The molecule has 4 heteroatoms. The Morgan fingerprint density at radius 1 is 0.885 bits per heavy atom. The van der Waals surface area contributed by atoms with E-state index in [4.69, 9.17) is 5.73 Å². The zero-order valence-corrected chi connectivity index (χ0v) is 15.4. The molecule has 0 aromatic heterocycles. The molecule has 0 aliphatic carbocycles. The highest BCUT2D eigenvalue weighted by Crippen LogP contribution is 2.35. The highest BCUT2D eigenvalue weighted by molar-refractivity contribution is 5.46. The molecule has 2 saturated heterocycles. The zero-order valence-electron chi connectivity index (χ0n) is 15.4. The molecule has 3 unspecified atom stereocenters. The summed E-state index contributed by atoms with van der Waals surface area (Å²) >= 11 is 0. The van der Waals surface area contributed by atoms with Gasteiger partial charge in [-0.25, -0.2) is 5.01 Å². The Bertz CT molecular complexity index is 628. The predicted molar refractivity (Wildman–Crippen MR) is 108 cm³/mol. The van der Waals surface area contributed by atoms with Gasteiger partial charge in [0.05, 0.1) is 17.9 Å². The fraction of sp³-hybridized carbons (Fsp3) is 0.455. The van der Waals surface area contributed by atoms with Crippen LogP contribution in [0.1, 0.15) is 43.7 Å². The van der Waals surface area contributed by atoms with Gasteiger partial charge in [-0.3, -0.25) is 5.32 Å². The lowest BCUT2D eigenvalue weighted by Crippen LogP contribution is -2.51. The summed E-state index contributed by atoms with van der Waals surface area (Å²) in [5.41, 5.74) is 8.94. The summed E-state index contributed by atoms with van der Waals surface area (Å²) in [6, 6.07) is 22.6. The fourth-order valence-electron chi connectivity index (χ4n) is 4.40. The van der Waals surface area contributed by atoms with Crippen LogP contribution in [-0.2, 0) is 0 Å². The summed E-state index contributed by atoms with van der Waals surface area (Å²) in [7, 11) is 0. The van der Waals surface area contributed by atoms with Crippen molar-refractivity contribution in [3.8, 4) is 0 Å². The second-order valence-corrected chi connectivity index (χ2v) is 7.55. The summed E-state index contributed by atoms with van der Waals surface area (Å²) in [5, 5.41) is 8.70. The van der Waals surface area contributed by atoms with Crippen molar-refractivity contribution in [2.75, 3.05) is 18.1 Å². The first kappa shape index (κ1) is 17.5. The van der Waals surface area contributed by atoms with E-state index < -0.39 is 0 Å². The SMILES string of the molecule is NC1CCCCC(CN2C(c3ccccc3)CCN2c2ccccc2)N1. The van der Waals surface area contributed by atoms with E-state index in [9.17, 15) is 0 Å². The van der Waals surface area contributed by atoms with Gasteiger partial charge >= 0.3 is 0 Å². The first-order chi connectivity index (χ1) is 12.8. The lowest BCUT2D eigenvalue weighted by molar-refractivity contribution is 0.200. The third-order valence-corrected chi connectivity index (χ3v) is 5.70. The Balaban J connectivity index is 1.59. The van der Waals surface area contributed by atoms with Crippen LogP contribution in [0.25, 0.3) is 0 Å². The normalized spacial score (nSPS) is 27.4. The van der Waals surface area contributed by atoms with E-state index in [0.717, 1.165) is 25.9 Å². The van der Waals surface area contributed by atoms with Crippen molar-refractivity contribution in [3.05, 3.63) is 66.2 Å². The van der Waals surface area contributed by atoms with Gasteiger partial charge in [0.25, 0.3) is 0 Å². The number of nitrogens with one attached hydrogen (secondary N) is 1. The first-order valence-corrected chi connectivity index (χ1v) is 9.97. The molecule has 26 heavy (non-hydrogen) atoms. The van der Waals surface area contributed by atoms with Crippen LogP contribution in [-0.4, -0.2) is 30.3 Å². The van der Waals surface area contributed by atoms with Crippen molar-refractivity contribution in [2.24, 2.45) is 5.73 Å². The summed E-state index contributed by atoms with van der Waals surface area (Å²) in [4.78, 5) is 0. The summed E-state index contributed by atoms with van der Waals surface area (Å²) < 4.78 is 0. The van der Waals surface area contributed by atoms with Crippen molar-refractivity contribution in [2.45, 2.75) is 50.4 Å². The highest BCUT2D eigenvalue weighted by atomic mass is 15.7. The number of nitrogens with two attached hydrogens (primary N) is 1. The maximum absolute atomic E-state index is 6.25. The minimum Gasteiger partial charge on any atom is -0.316 e. The van der Waals surface area contributed by atoms with Gasteiger partial charge in [-0.05, 0) is 37.0 Å². The molecule has 3 atom stereocenters. The van der Waals surface area contributed by atoms with Crippen molar-refractivity contribution in [1.29, 1.82) is 0 Å². The molecule has 4 rings (SSSR count). The minimum atomic E-state index is 0.130. The molecule has 2 aliphatic rings. The van der Waals surface area contributed by atoms with E-state index in [-0.39, 0.29) is 6.17 Å². The number of para-hydroxylation sites is 1. The molecule has 2 fully saturated rings. The smallest absolute Gasteiger partial charge is 0.0560 e. The second-order valence-electron chi connectivity index (χ2n) is 7.55. The van der Waals surface area contributed by atoms with E-state index >= 15 is 0 Å². The summed E-state index contributed by atoms with van der Waals surface area (Å²) in [6.07, 6.45) is 6.06. The summed E-state index contributed by atoms with van der Waals surface area (Å²) in [5.74, 6) is 0. The average Bonchev–Trinajstić information content (AvgIpc) is 2.98. The van der Waals surface area contributed by atoms with Gasteiger partial charge in [0.1, 0.15) is 0 Å². The molecule has 0 amide bonds. The Labute approximate surface area is 157 Å². The lowest BCUT2D eigenvalue weighted by Gasteiger charge is -2.37. The molecule has 4 nitrogen and oxygen atoms in total. The van der Waals surface area contributed by atoms with Crippen LogP contribution in [0.15, 0.2) is 60.7 Å². The van der Waals surface area contributed by atoms with Crippen molar-refractivity contribution in [1.82, 2.24) is 10.3 Å². The molecule has 2 aliphatic heterocycles. The highest BCUT2D eigenvalue weighted by Gasteiger charge is 2.34. The van der Waals surface area contributed by atoms with Crippen LogP contribution in [0.4, 0.5) is 5.69 Å². The number of rotatable bonds is 4. The van der Waals surface area contributed by atoms with E-state index in [1.807, 2.05) is 0 Å². The van der Waals surface area contributed by atoms with Gasteiger partial charge in [0.15, 0.2) is 0 Å². The lowest BCUT2D eigenvalue weighted by atomic mass is 10.0. The third kappa shape index (κ3) is 3.93. The number of hydrazine groups is 1. The largest absolute Gasteiger partial charge is 0.316 e. The predicted octanol–water partition coefficient (Wildman–Crippen LogP) is 3.67. The molecular formula is C22H30N4. The number of hydrogen-bond acceptors (Lipinski definition) is 4. The molecule has 0 spiro atoms. The standard InChI is InChI=1S/C22H30N4/c23-22-14-8-7-11-19(24-22)17-26-21(18-9-3-1-4-10-18)15-16-25(26)20-12-5-2-6-13-20/h1-6,9-10,12-13,19,21-22,24H,7-8,11,14-17,23H2. The molecule has 0 radical (unpaired) electrons. The van der Waals surface area contributed by atoms with Crippen molar-refractivity contribution < 1.29 is 0 Å². The summed E-state index contributed by atoms with van der Waals surface area (Å²) in [6.45, 7) is 2.06. The van der Waals surface area contributed by atoms with Gasteiger partial charge in [-0.15, -0.1) is 0 Å². The second kappa shape index (κ2) is 8.21. The average molecular weight is 351 g/mol. The van der Waals surface area contributed by atoms with E-state index in [1.165, 1.54) is 30.5 Å². The van der Waals surface area contributed by atoms with E-state index in [1.54, 1.807) is 0 Å². The quantitative estimate of drug-likeness (QED) is 0.883. The van der Waals surface area contributed by atoms with Crippen LogP contribution in [0.5, 0.6) is 0 Å². The number of nitrogens with zero attached hydrogens (tertiary/aromatic N) is 2. The van der Waals surface area contributed by atoms with Crippen molar-refractivity contribution >= 4 is 5.69 Å². The maximum Gasteiger partial charge on any atom is 0.0560 e. The molecule has 0 bridgehead atoms. The number of hydrogen-bond donors (Lipinski definition) is 2. The first-order valence-electron chi connectivity index (χ1n) is 9.97. The van der Waals surface area contributed by atoms with Gasteiger partial charge in [-0.2, -0.15) is 0 Å². The maximum atomic E-state index is 6.25.